The number of hydrogen-bond donors (Lipinski definition) is 0. The summed E-state index contributed by atoms with van der Waals surface area (Å²) in [7, 11) is 0. The molecule has 0 aliphatic heterocycles. The van der Waals surface area contributed by atoms with E-state index in [1.807, 2.05) is 42.5 Å². The van der Waals surface area contributed by atoms with Gasteiger partial charge in [-0.3, -0.25) is 4.79 Å². The highest BCUT2D eigenvalue weighted by atomic mass is 79.9. The van der Waals surface area contributed by atoms with Crippen LogP contribution < -0.4 is 0 Å². The molecule has 0 heterocycles. The second-order valence-corrected chi connectivity index (χ2v) is 7.39. The first-order valence-electron chi connectivity index (χ1n) is 8.44. The molecule has 0 bridgehead atoms. The van der Waals surface area contributed by atoms with Crippen LogP contribution in [-0.2, 0) is 4.84 Å². The summed E-state index contributed by atoms with van der Waals surface area (Å²) in [5.41, 5.74) is 0.967. The van der Waals surface area contributed by atoms with E-state index in [0.717, 1.165) is 9.79 Å². The number of rotatable bonds is 7. The molecule has 0 saturated heterocycles. The Kier molecular flexibility index (Phi) is 7.17. The Morgan fingerprint density at radius 2 is 1.36 bits per heavy atom. The number of Topliss-reactive ketones (excluding diaryl/α,β-unsaturated/α-hetero) is 1. The maximum absolute atomic E-state index is 12.6. The summed E-state index contributed by atoms with van der Waals surface area (Å²) in [6, 6.07) is 25.7. The van der Waals surface area contributed by atoms with E-state index in [-0.39, 0.29) is 16.8 Å². The molecule has 0 fully saturated rings. The second kappa shape index (κ2) is 10.0. The Hall–Kier alpha value is -2.70. The maximum atomic E-state index is 12.6. The van der Waals surface area contributed by atoms with Gasteiger partial charge in [0.15, 0.2) is 0 Å². The van der Waals surface area contributed by atoms with Crippen LogP contribution in [0.15, 0.2) is 99.9 Å². The highest BCUT2D eigenvalue weighted by Crippen LogP contribution is 2.27. The van der Waals surface area contributed by atoms with Crippen molar-refractivity contribution in [3.63, 3.8) is 0 Å². The van der Waals surface area contributed by atoms with Gasteiger partial charge in [-0.25, -0.2) is 4.79 Å². The Labute approximate surface area is 175 Å². The molecule has 0 atom stereocenters. The molecule has 0 spiro atoms. The van der Waals surface area contributed by atoms with E-state index in [1.165, 1.54) is 0 Å². The van der Waals surface area contributed by atoms with E-state index in [0.29, 0.717) is 11.1 Å². The Morgan fingerprint density at radius 3 is 1.96 bits per heavy atom. The fourth-order valence-corrected chi connectivity index (χ4v) is 3.51. The van der Waals surface area contributed by atoms with Crippen LogP contribution in [0.4, 0.5) is 0 Å². The number of carbonyl (C=O) groups excluding carboxylic acids is 2. The van der Waals surface area contributed by atoms with Gasteiger partial charge in [0.1, 0.15) is 5.71 Å². The maximum Gasteiger partial charge on any atom is 0.365 e. The molecule has 0 N–H and O–H groups in total. The summed E-state index contributed by atoms with van der Waals surface area (Å²) in [5, 5.41) is 3.93. The highest BCUT2D eigenvalue weighted by molar-refractivity contribution is 9.09. The van der Waals surface area contributed by atoms with Crippen molar-refractivity contribution in [2.75, 3.05) is 5.33 Å². The smallest absolute Gasteiger partial charge is 0.312 e. The van der Waals surface area contributed by atoms with Crippen LogP contribution in [0.25, 0.3) is 0 Å². The van der Waals surface area contributed by atoms with Crippen LogP contribution in [-0.4, -0.2) is 22.8 Å². The average Bonchev–Trinajstić information content (AvgIpc) is 2.75. The number of oxime groups is 1. The molecule has 28 heavy (non-hydrogen) atoms. The van der Waals surface area contributed by atoms with Crippen LogP contribution in [0.1, 0.15) is 20.7 Å². The molecular formula is C22H16BrNO3S. The van der Waals surface area contributed by atoms with Crippen molar-refractivity contribution in [1.29, 1.82) is 0 Å². The summed E-state index contributed by atoms with van der Waals surface area (Å²) in [5.74, 6) is -0.907. The first kappa shape index (κ1) is 20.0. The van der Waals surface area contributed by atoms with Gasteiger partial charge < -0.3 is 4.84 Å². The molecule has 0 saturated carbocycles. The summed E-state index contributed by atoms with van der Waals surface area (Å²) < 4.78 is 0. The minimum atomic E-state index is -0.610. The van der Waals surface area contributed by atoms with Gasteiger partial charge in [0.05, 0.1) is 10.9 Å². The van der Waals surface area contributed by atoms with Crippen molar-refractivity contribution < 1.29 is 14.4 Å². The van der Waals surface area contributed by atoms with Gasteiger partial charge in [0, 0.05) is 15.4 Å². The normalized spacial score (nSPS) is 11.1. The molecule has 0 radical (unpaired) electrons. The fourth-order valence-electron chi connectivity index (χ4n) is 2.32. The predicted molar refractivity (Wildman–Crippen MR) is 114 cm³/mol. The van der Waals surface area contributed by atoms with Crippen molar-refractivity contribution in [2.24, 2.45) is 5.16 Å². The van der Waals surface area contributed by atoms with E-state index in [4.69, 9.17) is 4.84 Å². The Morgan fingerprint density at radius 1 is 0.786 bits per heavy atom. The van der Waals surface area contributed by atoms with Crippen LogP contribution in [0, 0.1) is 0 Å². The summed E-state index contributed by atoms with van der Waals surface area (Å²) in [4.78, 5) is 31.7. The van der Waals surface area contributed by atoms with Gasteiger partial charge in [-0.15, -0.1) is 0 Å². The van der Waals surface area contributed by atoms with E-state index in [2.05, 4.69) is 21.1 Å². The zero-order valence-electron chi connectivity index (χ0n) is 14.7. The second-order valence-electron chi connectivity index (χ2n) is 5.68. The van der Waals surface area contributed by atoms with Crippen molar-refractivity contribution in [3.8, 4) is 0 Å². The molecule has 0 aromatic heterocycles. The monoisotopic (exact) mass is 453 g/mol. The zero-order chi connectivity index (χ0) is 19.8. The summed E-state index contributed by atoms with van der Waals surface area (Å²) in [6.45, 7) is 0. The molecule has 140 valence electrons. The van der Waals surface area contributed by atoms with Gasteiger partial charge in [0.25, 0.3) is 0 Å². The average molecular weight is 454 g/mol. The predicted octanol–water partition coefficient (Wildman–Crippen LogP) is 5.63. The van der Waals surface area contributed by atoms with Crippen molar-refractivity contribution in [1.82, 2.24) is 0 Å². The largest absolute Gasteiger partial charge is 0.365 e. The lowest BCUT2D eigenvalue weighted by Gasteiger charge is -2.05. The van der Waals surface area contributed by atoms with E-state index in [1.54, 1.807) is 54.2 Å². The number of ketones is 1. The molecule has 0 amide bonds. The molecule has 3 aromatic carbocycles. The first-order valence-corrected chi connectivity index (χ1v) is 10.4. The van der Waals surface area contributed by atoms with Gasteiger partial charge in [-0.2, -0.15) is 0 Å². The van der Waals surface area contributed by atoms with E-state index < -0.39 is 5.97 Å². The molecule has 0 unspecified atom stereocenters. The minimum Gasteiger partial charge on any atom is -0.312 e. The van der Waals surface area contributed by atoms with Crippen LogP contribution >= 0.6 is 27.7 Å². The molecular weight excluding hydrogens is 438 g/mol. The number of hydrogen-bond acceptors (Lipinski definition) is 5. The van der Waals surface area contributed by atoms with Gasteiger partial charge in [-0.05, 0) is 48.5 Å². The standard InChI is InChI=1S/C22H16BrNO3S/c23-15-20(24-27-22(26)17-7-3-1-4-8-17)21(25)16-11-13-19(14-12-16)28-18-9-5-2-6-10-18/h1-14H,15H2. The number of alkyl halides is 1. The SMILES string of the molecule is O=C(ON=C(CBr)C(=O)c1ccc(Sc2ccccc2)cc1)c1ccccc1. The molecule has 4 nitrogen and oxygen atoms in total. The number of benzene rings is 3. The fraction of sp³-hybridized carbons (Fsp3) is 0.0455. The van der Waals surface area contributed by atoms with Gasteiger partial charge in [-0.1, -0.05) is 69.2 Å². The number of nitrogens with zero attached hydrogens (tertiary/aromatic N) is 1. The molecule has 0 aliphatic rings. The number of halogens is 1. The Bertz CT molecular complexity index is 974. The van der Waals surface area contributed by atoms with Crippen LogP contribution in [0.3, 0.4) is 0 Å². The highest BCUT2D eigenvalue weighted by Gasteiger charge is 2.15. The zero-order valence-corrected chi connectivity index (χ0v) is 17.2. The molecule has 0 aliphatic carbocycles. The molecule has 6 heteroatoms. The third-order valence-electron chi connectivity index (χ3n) is 3.73. The lowest BCUT2D eigenvalue weighted by Crippen LogP contribution is -2.17. The van der Waals surface area contributed by atoms with Gasteiger partial charge >= 0.3 is 5.97 Å². The quantitative estimate of drug-likeness (QED) is 0.153. The number of carbonyl (C=O) groups is 2. The molecule has 3 rings (SSSR count). The lowest BCUT2D eigenvalue weighted by molar-refractivity contribution is 0.0515. The van der Waals surface area contributed by atoms with Crippen LogP contribution in [0.2, 0.25) is 0 Å². The van der Waals surface area contributed by atoms with Gasteiger partial charge in [0.2, 0.25) is 5.78 Å². The Balaban J connectivity index is 1.67. The van der Waals surface area contributed by atoms with E-state index in [9.17, 15) is 9.59 Å². The lowest BCUT2D eigenvalue weighted by atomic mass is 10.1. The first-order chi connectivity index (χ1) is 13.7. The summed E-state index contributed by atoms with van der Waals surface area (Å²) >= 11 is 4.85. The van der Waals surface area contributed by atoms with Crippen molar-refractivity contribution in [3.05, 3.63) is 96.1 Å². The van der Waals surface area contributed by atoms with Crippen LogP contribution in [0.5, 0.6) is 0 Å². The third-order valence-corrected chi connectivity index (χ3v) is 5.28. The van der Waals surface area contributed by atoms with Crippen molar-refractivity contribution >= 4 is 45.2 Å². The van der Waals surface area contributed by atoms with E-state index >= 15 is 0 Å². The topological polar surface area (TPSA) is 55.7 Å². The third kappa shape index (κ3) is 5.41. The summed E-state index contributed by atoms with van der Waals surface area (Å²) in [6.07, 6.45) is 0. The van der Waals surface area contributed by atoms with Crippen molar-refractivity contribution in [2.45, 2.75) is 9.79 Å². The minimum absolute atomic E-state index is 0.118. The molecule has 3 aromatic rings.